The molecule has 3 N–H and O–H groups in total. The van der Waals surface area contributed by atoms with Crippen molar-refractivity contribution >= 4 is 11.8 Å². The summed E-state index contributed by atoms with van der Waals surface area (Å²) in [6, 6.07) is 24.7. The highest BCUT2D eigenvalue weighted by atomic mass is 16.7. The van der Waals surface area contributed by atoms with Gasteiger partial charge in [-0.15, -0.1) is 0 Å². The van der Waals surface area contributed by atoms with Crippen molar-refractivity contribution in [1.82, 2.24) is 15.5 Å². The van der Waals surface area contributed by atoms with Gasteiger partial charge in [0.1, 0.15) is 0 Å². The van der Waals surface area contributed by atoms with Crippen molar-refractivity contribution in [1.29, 1.82) is 0 Å². The second-order valence-corrected chi connectivity index (χ2v) is 13.3. The minimum atomic E-state index is -0.483. The van der Waals surface area contributed by atoms with Gasteiger partial charge in [0.25, 0.3) is 0 Å². The number of likely N-dealkylation sites (tertiary alicyclic amines) is 1. The maximum Gasteiger partial charge on any atom is 0.220 e. The molecule has 0 aliphatic carbocycles. The summed E-state index contributed by atoms with van der Waals surface area (Å²) in [6.45, 7) is 5.81. The molecule has 2 amide bonds. The first-order chi connectivity index (χ1) is 23.5. The fraction of sp³-hybridized carbons (Fsp3) is 0.500. The van der Waals surface area contributed by atoms with E-state index < -0.39 is 6.29 Å². The molecule has 2 aliphatic heterocycles. The number of amides is 2. The number of carbonyl (C=O) groups excluding carboxylic acids is 2. The Morgan fingerprint density at radius 1 is 0.812 bits per heavy atom. The van der Waals surface area contributed by atoms with Crippen LogP contribution in [0.3, 0.4) is 0 Å². The van der Waals surface area contributed by atoms with Gasteiger partial charge in [-0.1, -0.05) is 98.5 Å². The zero-order valence-corrected chi connectivity index (χ0v) is 28.5. The van der Waals surface area contributed by atoms with E-state index >= 15 is 0 Å². The molecule has 3 unspecified atom stereocenters. The summed E-state index contributed by atoms with van der Waals surface area (Å²) in [5, 5.41) is 15.4. The molecule has 0 bridgehead atoms. The van der Waals surface area contributed by atoms with Gasteiger partial charge < -0.3 is 30.1 Å². The molecular formula is C40H53N3O5. The largest absolute Gasteiger partial charge is 0.392 e. The standard InChI is InChI=1S/C40H53N3O5/c1-30(45)41-23-9-5-6-14-39(46)42-27-35-12-7-8-13-37(35)32-19-21-34(22-20-32)40-47-36(28-43-24-10-3-2-4-11-25-43)26-38(48-40)33-17-15-31(29-44)16-18-33/h7-8,12-13,15-22,36,38,40,44H,2-6,9-11,14,23-29H2,1H3,(H,41,45)(H,42,46). The topological polar surface area (TPSA) is 100 Å². The lowest BCUT2D eigenvalue weighted by Gasteiger charge is -2.39. The first-order valence-corrected chi connectivity index (χ1v) is 17.9. The minimum absolute atomic E-state index is 0.0191. The van der Waals surface area contributed by atoms with Crippen molar-refractivity contribution < 1.29 is 24.2 Å². The number of nitrogens with one attached hydrogen (secondary N) is 2. The predicted molar refractivity (Wildman–Crippen MR) is 189 cm³/mol. The summed E-state index contributed by atoms with van der Waals surface area (Å²) in [5.41, 5.74) is 6.21. The van der Waals surface area contributed by atoms with Crippen molar-refractivity contribution in [2.75, 3.05) is 26.2 Å². The third-order valence-corrected chi connectivity index (χ3v) is 9.47. The number of ether oxygens (including phenoxy) is 2. The van der Waals surface area contributed by atoms with E-state index in [1.807, 2.05) is 24.3 Å². The number of carbonyl (C=O) groups is 2. The van der Waals surface area contributed by atoms with Crippen LogP contribution in [0.4, 0.5) is 0 Å². The van der Waals surface area contributed by atoms with Gasteiger partial charge in [0.2, 0.25) is 11.8 Å². The van der Waals surface area contributed by atoms with Gasteiger partial charge in [0.15, 0.2) is 6.29 Å². The Morgan fingerprint density at radius 3 is 2.25 bits per heavy atom. The summed E-state index contributed by atoms with van der Waals surface area (Å²) in [4.78, 5) is 26.1. The third kappa shape index (κ3) is 11.0. The lowest BCUT2D eigenvalue weighted by atomic mass is 9.97. The van der Waals surface area contributed by atoms with Gasteiger partial charge >= 0.3 is 0 Å². The molecule has 3 aromatic rings. The monoisotopic (exact) mass is 655 g/mol. The molecule has 0 spiro atoms. The summed E-state index contributed by atoms with van der Waals surface area (Å²) in [6.07, 6.45) is 9.74. The molecule has 2 heterocycles. The third-order valence-electron chi connectivity index (χ3n) is 9.47. The fourth-order valence-electron chi connectivity index (χ4n) is 6.73. The summed E-state index contributed by atoms with van der Waals surface area (Å²) >= 11 is 0. The van der Waals surface area contributed by atoms with Crippen molar-refractivity contribution in [2.45, 2.75) is 103 Å². The van der Waals surface area contributed by atoms with Crippen LogP contribution in [0.5, 0.6) is 0 Å². The number of hydrogen-bond donors (Lipinski definition) is 3. The average Bonchev–Trinajstić information content (AvgIpc) is 3.10. The van der Waals surface area contributed by atoms with Crippen molar-refractivity contribution in [3.05, 3.63) is 95.1 Å². The van der Waals surface area contributed by atoms with E-state index in [9.17, 15) is 14.7 Å². The minimum Gasteiger partial charge on any atom is -0.392 e. The van der Waals surface area contributed by atoms with E-state index in [1.165, 1.54) is 39.0 Å². The molecule has 8 heteroatoms. The summed E-state index contributed by atoms with van der Waals surface area (Å²) in [5.74, 6) is 0.0199. The van der Waals surface area contributed by atoms with Gasteiger partial charge in [0, 0.05) is 45.0 Å². The Hall–Kier alpha value is -3.56. The molecule has 3 atom stereocenters. The molecule has 0 saturated carbocycles. The van der Waals surface area contributed by atoms with E-state index in [2.05, 4.69) is 64.1 Å². The lowest BCUT2D eigenvalue weighted by Crippen LogP contribution is -2.40. The predicted octanol–water partition coefficient (Wildman–Crippen LogP) is 6.97. The normalized spacial score (nSPS) is 20.4. The second-order valence-electron chi connectivity index (χ2n) is 13.3. The summed E-state index contributed by atoms with van der Waals surface area (Å²) < 4.78 is 13.3. The number of aliphatic hydroxyl groups excluding tert-OH is 1. The van der Waals surface area contributed by atoms with Gasteiger partial charge in [-0.2, -0.15) is 0 Å². The van der Waals surface area contributed by atoms with Crippen LogP contribution >= 0.6 is 0 Å². The summed E-state index contributed by atoms with van der Waals surface area (Å²) in [7, 11) is 0. The maximum atomic E-state index is 12.5. The molecule has 8 nitrogen and oxygen atoms in total. The van der Waals surface area contributed by atoms with Crippen LogP contribution in [0.25, 0.3) is 11.1 Å². The highest BCUT2D eigenvalue weighted by molar-refractivity contribution is 5.76. The molecule has 0 radical (unpaired) electrons. The number of benzene rings is 3. The van der Waals surface area contributed by atoms with E-state index in [4.69, 9.17) is 9.47 Å². The average molecular weight is 656 g/mol. The molecule has 2 fully saturated rings. The molecule has 2 aliphatic rings. The smallest absolute Gasteiger partial charge is 0.220 e. The highest BCUT2D eigenvalue weighted by Gasteiger charge is 2.33. The van der Waals surface area contributed by atoms with Crippen LogP contribution in [0.2, 0.25) is 0 Å². The Bertz CT molecular complexity index is 1420. The SMILES string of the molecule is CC(=O)NCCCCCC(=O)NCc1ccccc1-c1ccc(C2OC(CN3CCCCCCC3)CC(c3ccc(CO)cc3)O2)cc1. The zero-order valence-electron chi connectivity index (χ0n) is 28.5. The van der Waals surface area contributed by atoms with Crippen molar-refractivity contribution in [3.8, 4) is 11.1 Å². The second kappa shape index (κ2) is 18.8. The Balaban J connectivity index is 1.23. The van der Waals surface area contributed by atoms with Crippen LogP contribution in [-0.2, 0) is 32.2 Å². The number of nitrogens with zero attached hydrogens (tertiary/aromatic N) is 1. The number of hydrogen-bond acceptors (Lipinski definition) is 6. The molecule has 3 aromatic carbocycles. The molecule has 5 rings (SSSR count). The van der Waals surface area contributed by atoms with E-state index in [0.29, 0.717) is 19.5 Å². The van der Waals surface area contributed by atoms with Gasteiger partial charge in [-0.25, -0.2) is 0 Å². The number of aliphatic hydroxyl groups is 1. The van der Waals surface area contributed by atoms with E-state index in [1.54, 1.807) is 0 Å². The number of rotatable bonds is 14. The first kappa shape index (κ1) is 35.7. The van der Waals surface area contributed by atoms with Crippen LogP contribution < -0.4 is 10.6 Å². The lowest BCUT2D eigenvalue weighted by molar-refractivity contribution is -0.253. The van der Waals surface area contributed by atoms with Crippen LogP contribution in [0.15, 0.2) is 72.8 Å². The van der Waals surface area contributed by atoms with Crippen molar-refractivity contribution in [2.24, 2.45) is 0 Å². The van der Waals surface area contributed by atoms with Gasteiger partial charge in [0.05, 0.1) is 18.8 Å². The maximum absolute atomic E-state index is 12.5. The fourth-order valence-corrected chi connectivity index (χ4v) is 6.73. The zero-order chi connectivity index (χ0) is 33.6. The first-order valence-electron chi connectivity index (χ1n) is 17.9. The Kier molecular flexibility index (Phi) is 14.0. The molecule has 48 heavy (non-hydrogen) atoms. The van der Waals surface area contributed by atoms with Gasteiger partial charge in [-0.3, -0.25) is 9.59 Å². The van der Waals surface area contributed by atoms with Crippen LogP contribution in [-0.4, -0.2) is 54.1 Å². The van der Waals surface area contributed by atoms with E-state index in [-0.39, 0.29) is 30.6 Å². The highest BCUT2D eigenvalue weighted by Crippen LogP contribution is 2.39. The van der Waals surface area contributed by atoms with Crippen molar-refractivity contribution in [3.63, 3.8) is 0 Å². The van der Waals surface area contributed by atoms with Crippen LogP contribution in [0, 0.1) is 0 Å². The molecule has 2 saturated heterocycles. The molecule has 0 aromatic heterocycles. The Labute approximate surface area is 286 Å². The van der Waals surface area contributed by atoms with E-state index in [0.717, 1.165) is 78.7 Å². The number of unbranched alkanes of at least 4 members (excludes halogenated alkanes) is 2. The molecule has 258 valence electrons. The van der Waals surface area contributed by atoms with Crippen LogP contribution in [0.1, 0.15) is 106 Å². The quantitative estimate of drug-likeness (QED) is 0.162. The Morgan fingerprint density at radius 2 is 1.52 bits per heavy atom. The van der Waals surface area contributed by atoms with Gasteiger partial charge in [-0.05, 0) is 66.6 Å². The molecular weight excluding hydrogens is 602 g/mol.